The van der Waals surface area contributed by atoms with Crippen molar-refractivity contribution in [1.82, 2.24) is 5.32 Å². The molecule has 0 radical (unpaired) electrons. The van der Waals surface area contributed by atoms with Gasteiger partial charge in [0.1, 0.15) is 5.75 Å². The van der Waals surface area contributed by atoms with Crippen LogP contribution in [-0.2, 0) is 6.42 Å². The molecule has 146 valence electrons. The van der Waals surface area contributed by atoms with E-state index in [-0.39, 0.29) is 41.7 Å². The molecule has 2 atom stereocenters. The Hall–Kier alpha value is -1.97. The maximum atomic E-state index is 12.5. The van der Waals surface area contributed by atoms with Gasteiger partial charge in [0.05, 0.1) is 0 Å². The number of benzene rings is 2. The zero-order valence-electron chi connectivity index (χ0n) is 14.4. The van der Waals surface area contributed by atoms with Gasteiger partial charge in [-0.1, -0.05) is 48.5 Å². The molecule has 0 aromatic heterocycles. The molecular formula is C19H21F3IN3O. The second kappa shape index (κ2) is 9.29. The zero-order valence-corrected chi connectivity index (χ0v) is 16.8. The third-order valence-electron chi connectivity index (χ3n) is 4.19. The molecule has 3 N–H and O–H groups in total. The highest BCUT2D eigenvalue weighted by molar-refractivity contribution is 14.0. The highest BCUT2D eigenvalue weighted by atomic mass is 127. The van der Waals surface area contributed by atoms with Gasteiger partial charge in [0.2, 0.25) is 0 Å². The highest BCUT2D eigenvalue weighted by Gasteiger charge is 2.42. The minimum absolute atomic E-state index is 0. The summed E-state index contributed by atoms with van der Waals surface area (Å²) >= 11 is 0. The summed E-state index contributed by atoms with van der Waals surface area (Å²) in [4.78, 5) is 4.28. The Balaban J connectivity index is 0.00000261. The lowest BCUT2D eigenvalue weighted by atomic mass is 10.1. The van der Waals surface area contributed by atoms with Crippen LogP contribution in [0.2, 0.25) is 0 Å². The molecule has 1 aliphatic carbocycles. The number of nitrogens with two attached hydrogens (primary N) is 1. The van der Waals surface area contributed by atoms with Crippen LogP contribution in [0.3, 0.4) is 0 Å². The molecule has 0 heterocycles. The fourth-order valence-corrected chi connectivity index (χ4v) is 2.89. The molecule has 3 rings (SSSR count). The lowest BCUT2D eigenvalue weighted by molar-refractivity contribution is -0.274. The van der Waals surface area contributed by atoms with Gasteiger partial charge in [0.15, 0.2) is 5.96 Å². The van der Waals surface area contributed by atoms with Gasteiger partial charge >= 0.3 is 6.36 Å². The van der Waals surface area contributed by atoms with Gasteiger partial charge in [-0.3, -0.25) is 4.99 Å². The maximum absolute atomic E-state index is 12.5. The summed E-state index contributed by atoms with van der Waals surface area (Å²) in [5.41, 5.74) is 7.59. The third-order valence-corrected chi connectivity index (χ3v) is 4.19. The van der Waals surface area contributed by atoms with Crippen molar-refractivity contribution in [2.45, 2.75) is 31.2 Å². The molecule has 0 spiro atoms. The van der Waals surface area contributed by atoms with Crippen LogP contribution in [-0.4, -0.2) is 24.9 Å². The monoisotopic (exact) mass is 491 g/mol. The van der Waals surface area contributed by atoms with Crippen LogP contribution in [0.4, 0.5) is 13.2 Å². The van der Waals surface area contributed by atoms with E-state index in [4.69, 9.17) is 5.73 Å². The molecule has 0 saturated heterocycles. The molecular weight excluding hydrogens is 470 g/mol. The predicted molar refractivity (Wildman–Crippen MR) is 109 cm³/mol. The summed E-state index contributed by atoms with van der Waals surface area (Å²) in [5.74, 6) is 0.0768. The first-order valence-electron chi connectivity index (χ1n) is 8.37. The summed E-state index contributed by atoms with van der Waals surface area (Å²) in [6.45, 7) is 0.550. The van der Waals surface area contributed by atoms with E-state index >= 15 is 0 Å². The number of alkyl halides is 3. The normalized spacial score (nSPS) is 19.1. The number of hydrogen-bond acceptors (Lipinski definition) is 2. The van der Waals surface area contributed by atoms with Crippen LogP contribution in [0, 0.1) is 0 Å². The summed E-state index contributed by atoms with van der Waals surface area (Å²) in [5, 5.41) is 3.07. The lowest BCUT2D eigenvalue weighted by Gasteiger charge is -2.13. The first kappa shape index (κ1) is 21.3. The molecule has 8 heteroatoms. The van der Waals surface area contributed by atoms with Crippen molar-refractivity contribution in [1.29, 1.82) is 0 Å². The number of nitrogens with one attached hydrogen (secondary N) is 1. The molecule has 0 bridgehead atoms. The fourth-order valence-electron chi connectivity index (χ4n) is 2.89. The predicted octanol–water partition coefficient (Wildman–Crippen LogP) is 4.21. The molecule has 1 fully saturated rings. The van der Waals surface area contributed by atoms with E-state index in [0.29, 0.717) is 24.5 Å². The first-order chi connectivity index (χ1) is 12.4. The lowest BCUT2D eigenvalue weighted by Crippen LogP contribution is -2.34. The number of guanidine groups is 1. The second-order valence-electron chi connectivity index (χ2n) is 6.18. The van der Waals surface area contributed by atoms with E-state index < -0.39 is 6.36 Å². The molecule has 2 unspecified atom stereocenters. The Labute approximate surface area is 173 Å². The van der Waals surface area contributed by atoms with Crippen LogP contribution in [0.25, 0.3) is 0 Å². The number of ether oxygens (including phenoxy) is 1. The van der Waals surface area contributed by atoms with Crippen LogP contribution in [0.1, 0.15) is 23.5 Å². The van der Waals surface area contributed by atoms with Crippen molar-refractivity contribution in [3.05, 3.63) is 65.7 Å². The number of nitrogens with zero attached hydrogens (tertiary/aromatic N) is 1. The van der Waals surface area contributed by atoms with Gasteiger partial charge in [-0.2, -0.15) is 0 Å². The molecule has 0 aliphatic heterocycles. The summed E-state index contributed by atoms with van der Waals surface area (Å²) in [6, 6.07) is 16.1. The van der Waals surface area contributed by atoms with Crippen LogP contribution in [0.15, 0.2) is 59.6 Å². The van der Waals surface area contributed by atoms with Gasteiger partial charge in [0.25, 0.3) is 0 Å². The van der Waals surface area contributed by atoms with Crippen molar-refractivity contribution in [2.75, 3.05) is 6.54 Å². The number of para-hydroxylation sites is 1. The Morgan fingerprint density at radius 2 is 1.78 bits per heavy atom. The number of aliphatic imine (C=N–C) groups is 1. The molecule has 2 aromatic rings. The standard InChI is InChI=1S/C19H20F3N3O.HI/c20-19(21,22)26-17-9-5-4-8-14(17)15-12-16(15)25-18(23)24-11-10-13-6-2-1-3-7-13;/h1-9,15-16H,10-12H2,(H3,23,24,25);1H. The fraction of sp³-hybridized carbons (Fsp3) is 0.316. The number of rotatable bonds is 6. The van der Waals surface area contributed by atoms with E-state index in [1.807, 2.05) is 30.3 Å². The molecule has 1 saturated carbocycles. The molecule has 2 aromatic carbocycles. The summed E-state index contributed by atoms with van der Waals surface area (Å²) in [7, 11) is 0. The summed E-state index contributed by atoms with van der Waals surface area (Å²) < 4.78 is 41.7. The van der Waals surface area contributed by atoms with Gasteiger partial charge in [-0.15, -0.1) is 37.1 Å². The van der Waals surface area contributed by atoms with Crippen LogP contribution in [0.5, 0.6) is 5.75 Å². The zero-order chi connectivity index (χ0) is 18.6. The third kappa shape index (κ3) is 6.60. The topological polar surface area (TPSA) is 59.6 Å². The smallest absolute Gasteiger partial charge is 0.405 e. The molecule has 0 amide bonds. The molecule has 27 heavy (non-hydrogen) atoms. The van der Waals surface area contributed by atoms with Crippen molar-refractivity contribution in [3.63, 3.8) is 0 Å². The Bertz CT molecular complexity index is 768. The van der Waals surface area contributed by atoms with E-state index in [2.05, 4.69) is 15.0 Å². The SMILES string of the molecule is I.NC(=NCCc1ccccc1)NC1CC1c1ccccc1OC(F)(F)F. The van der Waals surface area contributed by atoms with Crippen molar-refractivity contribution in [2.24, 2.45) is 10.7 Å². The number of hydrogen-bond donors (Lipinski definition) is 2. The first-order valence-corrected chi connectivity index (χ1v) is 8.37. The van der Waals surface area contributed by atoms with E-state index in [1.165, 1.54) is 17.7 Å². The van der Waals surface area contributed by atoms with Gasteiger partial charge in [-0.05, 0) is 30.0 Å². The minimum atomic E-state index is -4.70. The van der Waals surface area contributed by atoms with Crippen molar-refractivity contribution >= 4 is 29.9 Å². The van der Waals surface area contributed by atoms with E-state index in [9.17, 15) is 13.2 Å². The van der Waals surface area contributed by atoms with Crippen LogP contribution >= 0.6 is 24.0 Å². The van der Waals surface area contributed by atoms with Crippen LogP contribution < -0.4 is 15.8 Å². The maximum Gasteiger partial charge on any atom is 0.573 e. The second-order valence-corrected chi connectivity index (χ2v) is 6.18. The minimum Gasteiger partial charge on any atom is -0.405 e. The largest absolute Gasteiger partial charge is 0.573 e. The molecule has 4 nitrogen and oxygen atoms in total. The quantitative estimate of drug-likeness (QED) is 0.362. The highest BCUT2D eigenvalue weighted by Crippen LogP contribution is 2.45. The Kier molecular flexibility index (Phi) is 7.34. The van der Waals surface area contributed by atoms with Gasteiger partial charge < -0.3 is 15.8 Å². The number of halogens is 4. The summed E-state index contributed by atoms with van der Waals surface area (Å²) in [6.07, 6.45) is -3.24. The average molecular weight is 491 g/mol. The van der Waals surface area contributed by atoms with Gasteiger partial charge in [0, 0.05) is 18.5 Å². The van der Waals surface area contributed by atoms with E-state index in [0.717, 1.165) is 6.42 Å². The average Bonchev–Trinajstić information content (AvgIpc) is 3.33. The van der Waals surface area contributed by atoms with Crippen molar-refractivity contribution < 1.29 is 17.9 Å². The molecule has 1 aliphatic rings. The Morgan fingerprint density at radius 1 is 1.11 bits per heavy atom. The Morgan fingerprint density at radius 3 is 2.48 bits per heavy atom. The van der Waals surface area contributed by atoms with E-state index in [1.54, 1.807) is 12.1 Å². The van der Waals surface area contributed by atoms with Crippen molar-refractivity contribution in [3.8, 4) is 5.75 Å². The van der Waals surface area contributed by atoms with Gasteiger partial charge in [-0.25, -0.2) is 0 Å².